The zero-order chi connectivity index (χ0) is 11.5. The first kappa shape index (κ1) is 12.9. The lowest BCUT2D eigenvalue weighted by atomic mass is 10.5. The van der Waals surface area contributed by atoms with Crippen LogP contribution >= 0.6 is 0 Å². The van der Waals surface area contributed by atoms with Crippen molar-refractivity contribution < 1.29 is 4.43 Å². The molecular weight excluding hydrogens is 216 g/mol. The molecule has 0 radical (unpaired) electrons. The lowest BCUT2D eigenvalue weighted by Gasteiger charge is -2.25. The van der Waals surface area contributed by atoms with Crippen molar-refractivity contribution >= 4 is 16.4 Å². The summed E-state index contributed by atoms with van der Waals surface area (Å²) in [4.78, 5) is 0. The fourth-order valence-corrected chi connectivity index (χ4v) is 4.78. The van der Waals surface area contributed by atoms with Crippen molar-refractivity contribution in [3.05, 3.63) is 23.4 Å². The lowest BCUT2D eigenvalue weighted by molar-refractivity contribution is 0.332. The van der Waals surface area contributed by atoms with Crippen LogP contribution in [0.3, 0.4) is 0 Å². The van der Waals surface area contributed by atoms with E-state index in [0.29, 0.717) is 0 Å². The molecule has 0 atom stereocenters. The molecule has 0 aromatic carbocycles. The summed E-state index contributed by atoms with van der Waals surface area (Å²) in [5.74, 6) is 0. The van der Waals surface area contributed by atoms with Crippen molar-refractivity contribution in [1.29, 1.82) is 0 Å². The van der Waals surface area contributed by atoms with Gasteiger partial charge in [-0.15, -0.1) is 0 Å². The molecule has 0 saturated heterocycles. The van der Waals surface area contributed by atoms with Gasteiger partial charge in [-0.1, -0.05) is 36.5 Å². The molecule has 0 amide bonds. The molecule has 0 bridgehead atoms. The van der Waals surface area contributed by atoms with Crippen LogP contribution in [0.2, 0.25) is 38.8 Å². The van der Waals surface area contributed by atoms with Crippen LogP contribution in [0.4, 0.5) is 0 Å². The van der Waals surface area contributed by atoms with Crippen LogP contribution in [0, 0.1) is 0 Å². The maximum absolute atomic E-state index is 5.95. The highest BCUT2D eigenvalue weighted by Crippen LogP contribution is 2.25. The van der Waals surface area contributed by atoms with E-state index in [-0.39, 0.29) is 0 Å². The van der Waals surface area contributed by atoms with E-state index in [1.54, 1.807) is 5.20 Å². The molecule has 0 aromatic heterocycles. The maximum Gasteiger partial charge on any atom is 0.183 e. The second kappa shape index (κ2) is 4.81. The third kappa shape index (κ3) is 4.49. The van der Waals surface area contributed by atoms with Crippen molar-refractivity contribution in [2.24, 2.45) is 0 Å². The maximum atomic E-state index is 5.95. The molecule has 0 aliphatic heterocycles. The number of allylic oxidation sites excluding steroid dienone is 4. The Kier molecular flexibility index (Phi) is 4.15. The Hall–Kier alpha value is -0.126. The highest BCUT2D eigenvalue weighted by atomic mass is 28.4. The summed E-state index contributed by atoms with van der Waals surface area (Å²) < 4.78 is 5.95. The smallest absolute Gasteiger partial charge is 0.183 e. The summed E-state index contributed by atoms with van der Waals surface area (Å²) in [7, 11) is -2.51. The van der Waals surface area contributed by atoms with Crippen LogP contribution in [0.1, 0.15) is 6.42 Å². The van der Waals surface area contributed by atoms with E-state index >= 15 is 0 Å². The van der Waals surface area contributed by atoms with E-state index < -0.39 is 16.4 Å². The Morgan fingerprint density at radius 3 is 2.33 bits per heavy atom. The molecule has 1 rings (SSSR count). The first-order chi connectivity index (χ1) is 6.81. The first-order valence-electron chi connectivity index (χ1n) is 5.82. The van der Waals surface area contributed by atoms with Crippen LogP contribution in [0.5, 0.6) is 0 Å². The average Bonchev–Trinajstić information content (AvgIpc) is 2.52. The highest BCUT2D eigenvalue weighted by Gasteiger charge is 2.26. The van der Waals surface area contributed by atoms with E-state index in [0.717, 1.165) is 13.0 Å². The molecule has 1 aliphatic carbocycles. The van der Waals surface area contributed by atoms with E-state index in [9.17, 15) is 0 Å². The summed E-state index contributed by atoms with van der Waals surface area (Å²) in [6.07, 6.45) is 8.12. The van der Waals surface area contributed by atoms with Crippen molar-refractivity contribution in [1.82, 2.24) is 0 Å². The quantitative estimate of drug-likeness (QED) is 0.661. The van der Waals surface area contributed by atoms with Gasteiger partial charge in [-0.05, 0) is 32.1 Å². The Morgan fingerprint density at radius 1 is 1.20 bits per heavy atom. The minimum atomic E-state index is -1.31. The van der Waals surface area contributed by atoms with Crippen LogP contribution in [-0.2, 0) is 4.43 Å². The second-order valence-electron chi connectivity index (χ2n) is 5.89. The van der Waals surface area contributed by atoms with Gasteiger partial charge >= 0.3 is 0 Å². The summed E-state index contributed by atoms with van der Waals surface area (Å²) in [5, 5.41) is 1.61. The molecule has 0 N–H and O–H groups in total. The number of hydrogen-bond acceptors (Lipinski definition) is 1. The fourth-order valence-electron chi connectivity index (χ4n) is 1.72. The predicted octanol–water partition coefficient (Wildman–Crippen LogP) is 3.97. The molecule has 0 saturated carbocycles. The van der Waals surface area contributed by atoms with Gasteiger partial charge in [-0.25, -0.2) is 0 Å². The molecular formula is C12H24OSi2. The van der Waals surface area contributed by atoms with Gasteiger partial charge in [0.05, 0.1) is 8.07 Å². The van der Waals surface area contributed by atoms with Crippen LogP contribution < -0.4 is 0 Å². The second-order valence-corrected chi connectivity index (χ2v) is 15.3. The third-order valence-corrected chi connectivity index (χ3v) is 7.27. The minimum absolute atomic E-state index is 0.958. The molecule has 15 heavy (non-hydrogen) atoms. The van der Waals surface area contributed by atoms with E-state index in [2.05, 4.69) is 51.0 Å². The fraction of sp³-hybridized carbons (Fsp3) is 0.667. The van der Waals surface area contributed by atoms with E-state index in [1.807, 2.05) is 0 Å². The molecule has 86 valence electrons. The lowest BCUT2D eigenvalue weighted by Crippen LogP contribution is -2.33. The summed E-state index contributed by atoms with van der Waals surface area (Å²) in [5.41, 5.74) is 0. The molecule has 1 aliphatic rings. The van der Waals surface area contributed by atoms with Crippen LogP contribution in [-0.4, -0.2) is 23.0 Å². The molecule has 0 heterocycles. The molecule has 1 nitrogen and oxygen atoms in total. The van der Waals surface area contributed by atoms with Gasteiger partial charge in [0.2, 0.25) is 0 Å². The highest BCUT2D eigenvalue weighted by molar-refractivity contribution is 6.85. The van der Waals surface area contributed by atoms with Gasteiger partial charge in [0.15, 0.2) is 8.32 Å². The SMILES string of the molecule is C[Si](C)(C)OCC[Si](C)(C)C1=CCC=C1. The van der Waals surface area contributed by atoms with Crippen molar-refractivity contribution in [2.45, 2.75) is 45.2 Å². The Morgan fingerprint density at radius 2 is 1.87 bits per heavy atom. The summed E-state index contributed by atoms with van der Waals surface area (Å²) in [6, 6.07) is 1.26. The Balaban J connectivity index is 2.40. The normalized spacial score (nSPS) is 17.0. The van der Waals surface area contributed by atoms with E-state index in [4.69, 9.17) is 4.43 Å². The van der Waals surface area contributed by atoms with Gasteiger partial charge in [-0.2, -0.15) is 0 Å². The number of rotatable bonds is 5. The monoisotopic (exact) mass is 240 g/mol. The Bertz CT molecular complexity index is 272. The summed E-state index contributed by atoms with van der Waals surface area (Å²) >= 11 is 0. The topological polar surface area (TPSA) is 9.23 Å². The zero-order valence-electron chi connectivity index (χ0n) is 10.8. The number of hydrogen-bond donors (Lipinski definition) is 0. The van der Waals surface area contributed by atoms with Crippen LogP contribution in [0.15, 0.2) is 23.4 Å². The first-order valence-corrected chi connectivity index (χ1v) is 12.4. The van der Waals surface area contributed by atoms with Gasteiger partial charge in [0, 0.05) is 6.61 Å². The van der Waals surface area contributed by atoms with Crippen molar-refractivity contribution in [3.8, 4) is 0 Å². The van der Waals surface area contributed by atoms with E-state index in [1.165, 1.54) is 6.04 Å². The van der Waals surface area contributed by atoms with Crippen molar-refractivity contribution in [2.75, 3.05) is 6.61 Å². The zero-order valence-corrected chi connectivity index (χ0v) is 12.8. The molecule has 0 spiro atoms. The van der Waals surface area contributed by atoms with Gasteiger partial charge in [0.1, 0.15) is 0 Å². The predicted molar refractivity (Wildman–Crippen MR) is 73.4 cm³/mol. The molecule has 3 heteroatoms. The molecule has 0 aromatic rings. The standard InChI is InChI=1S/C12H24OSi2/c1-14(2,3)13-10-11-15(4,5)12-8-6-7-9-12/h6,8-9H,7,10-11H2,1-5H3. The Labute approximate surface area is 96.4 Å². The van der Waals surface area contributed by atoms with Gasteiger partial charge in [-0.3, -0.25) is 0 Å². The van der Waals surface area contributed by atoms with Gasteiger partial charge < -0.3 is 4.43 Å². The minimum Gasteiger partial charge on any atom is -0.418 e. The van der Waals surface area contributed by atoms with Crippen LogP contribution in [0.25, 0.3) is 0 Å². The largest absolute Gasteiger partial charge is 0.418 e. The average molecular weight is 240 g/mol. The van der Waals surface area contributed by atoms with Gasteiger partial charge in [0.25, 0.3) is 0 Å². The third-order valence-electron chi connectivity index (χ3n) is 2.81. The van der Waals surface area contributed by atoms with Crippen molar-refractivity contribution in [3.63, 3.8) is 0 Å². The molecule has 0 fully saturated rings. The molecule has 0 unspecified atom stereocenters. The summed E-state index contributed by atoms with van der Waals surface area (Å²) in [6.45, 7) is 12.6.